The number of carbonyl (C=O) groups excluding carboxylic acids is 2. The Morgan fingerprint density at radius 2 is 2.06 bits per heavy atom. The van der Waals surface area contributed by atoms with Gasteiger partial charge in [0.15, 0.2) is 0 Å². The van der Waals surface area contributed by atoms with E-state index in [-0.39, 0.29) is 12.4 Å². The van der Waals surface area contributed by atoms with Crippen LogP contribution in [0.1, 0.15) is 34.6 Å². The molecule has 0 saturated heterocycles. The predicted octanol–water partition coefficient (Wildman–Crippen LogP) is 2.90. The third-order valence-electron chi connectivity index (χ3n) is 2.39. The zero-order valence-corrected chi connectivity index (χ0v) is 12.1. The van der Waals surface area contributed by atoms with Crippen LogP contribution in [0, 0.1) is 0 Å². The fourth-order valence-electron chi connectivity index (χ4n) is 1.49. The monoisotopic (exact) mass is 314 g/mol. The summed E-state index contributed by atoms with van der Waals surface area (Å²) >= 11 is 3.27. The molecule has 0 spiro atoms. The van der Waals surface area contributed by atoms with E-state index in [1.165, 1.54) is 14.0 Å². The van der Waals surface area contributed by atoms with Gasteiger partial charge in [-0.1, -0.05) is 22.0 Å². The molecule has 5 heteroatoms. The first-order valence-corrected chi connectivity index (χ1v) is 6.42. The fraction of sp³-hybridized carbons (Fsp3) is 0.385. The molecule has 0 amide bonds. The van der Waals surface area contributed by atoms with E-state index in [2.05, 4.69) is 15.9 Å². The maximum absolute atomic E-state index is 11.9. The maximum Gasteiger partial charge on any atom is 0.338 e. The largest absolute Gasteiger partial charge is 0.497 e. The first kappa shape index (κ1) is 14.7. The summed E-state index contributed by atoms with van der Waals surface area (Å²) in [5.74, 6) is 0.00729. The molecular weight excluding hydrogens is 300 g/mol. The molecule has 4 nitrogen and oxygen atoms in total. The molecule has 1 unspecified atom stereocenters. The van der Waals surface area contributed by atoms with Crippen molar-refractivity contribution in [1.29, 1.82) is 0 Å². The van der Waals surface area contributed by atoms with E-state index < -0.39 is 10.8 Å². The number of hydrogen-bond donors (Lipinski definition) is 0. The normalized spacial score (nSPS) is 11.8. The Morgan fingerprint density at radius 1 is 1.39 bits per heavy atom. The van der Waals surface area contributed by atoms with Crippen LogP contribution in [0.2, 0.25) is 0 Å². The number of ketones is 1. The topological polar surface area (TPSA) is 52.6 Å². The summed E-state index contributed by atoms with van der Waals surface area (Å²) < 4.78 is 10.0. The van der Waals surface area contributed by atoms with Gasteiger partial charge < -0.3 is 9.47 Å². The van der Waals surface area contributed by atoms with E-state index in [0.717, 1.165) is 0 Å². The standard InChI is InChI=1S/C13H15BrO4/c1-4-18-13(16)11-7-9(17-3)5-6-10(11)12(14)8(2)15/h5-7,12H,4H2,1-3H3. The van der Waals surface area contributed by atoms with Gasteiger partial charge >= 0.3 is 5.97 Å². The minimum atomic E-state index is -0.525. The SMILES string of the molecule is CCOC(=O)c1cc(OC)ccc1C(Br)C(C)=O. The summed E-state index contributed by atoms with van der Waals surface area (Å²) in [6.45, 7) is 3.47. The van der Waals surface area contributed by atoms with Crippen molar-refractivity contribution in [2.75, 3.05) is 13.7 Å². The smallest absolute Gasteiger partial charge is 0.338 e. The van der Waals surface area contributed by atoms with Crippen LogP contribution in [0.25, 0.3) is 0 Å². The summed E-state index contributed by atoms with van der Waals surface area (Å²) in [7, 11) is 1.51. The first-order chi connectivity index (χ1) is 8.51. The summed E-state index contributed by atoms with van der Waals surface area (Å²) in [6, 6.07) is 4.96. The highest BCUT2D eigenvalue weighted by Crippen LogP contribution is 2.30. The van der Waals surface area contributed by atoms with Gasteiger partial charge in [0.25, 0.3) is 0 Å². The van der Waals surface area contributed by atoms with Crippen LogP contribution in [0.4, 0.5) is 0 Å². The van der Waals surface area contributed by atoms with Gasteiger partial charge in [0, 0.05) is 0 Å². The van der Waals surface area contributed by atoms with Crippen molar-refractivity contribution in [2.45, 2.75) is 18.7 Å². The molecule has 0 heterocycles. The van der Waals surface area contributed by atoms with Crippen LogP contribution in [0.3, 0.4) is 0 Å². The van der Waals surface area contributed by atoms with Crippen molar-refractivity contribution < 1.29 is 19.1 Å². The lowest BCUT2D eigenvalue weighted by Crippen LogP contribution is -2.12. The molecule has 0 aliphatic carbocycles. The number of ether oxygens (including phenoxy) is 2. The molecule has 0 aromatic heterocycles. The number of esters is 1. The van der Waals surface area contributed by atoms with E-state index in [4.69, 9.17) is 9.47 Å². The highest BCUT2D eigenvalue weighted by Gasteiger charge is 2.21. The van der Waals surface area contributed by atoms with E-state index in [0.29, 0.717) is 16.9 Å². The quantitative estimate of drug-likeness (QED) is 0.619. The van der Waals surface area contributed by atoms with E-state index >= 15 is 0 Å². The molecule has 0 radical (unpaired) electrons. The molecule has 1 rings (SSSR count). The van der Waals surface area contributed by atoms with E-state index in [9.17, 15) is 9.59 Å². The second kappa shape index (κ2) is 6.54. The Bertz CT molecular complexity index is 456. The van der Waals surface area contributed by atoms with Crippen LogP contribution in [0.5, 0.6) is 5.75 Å². The van der Waals surface area contributed by atoms with Crippen LogP contribution < -0.4 is 4.74 Å². The number of methoxy groups -OCH3 is 1. The Labute approximate surface area is 114 Å². The fourth-order valence-corrected chi connectivity index (χ4v) is 1.89. The lowest BCUT2D eigenvalue weighted by Gasteiger charge is -2.13. The molecule has 18 heavy (non-hydrogen) atoms. The molecule has 0 aliphatic heterocycles. The number of hydrogen-bond acceptors (Lipinski definition) is 4. The third kappa shape index (κ3) is 3.32. The summed E-state index contributed by atoms with van der Waals surface area (Å²) in [4.78, 5) is 22.7. The van der Waals surface area contributed by atoms with Gasteiger partial charge in [-0.05, 0) is 31.5 Å². The molecule has 0 fully saturated rings. The van der Waals surface area contributed by atoms with E-state index in [1.807, 2.05) is 0 Å². The molecule has 1 atom stereocenters. The van der Waals surface area contributed by atoms with Crippen LogP contribution in [-0.4, -0.2) is 25.5 Å². The van der Waals surface area contributed by atoms with Crippen molar-refractivity contribution in [2.24, 2.45) is 0 Å². The van der Waals surface area contributed by atoms with Gasteiger partial charge in [-0.15, -0.1) is 0 Å². The number of benzene rings is 1. The second-order valence-corrected chi connectivity index (χ2v) is 4.56. The van der Waals surface area contributed by atoms with Crippen molar-refractivity contribution in [3.05, 3.63) is 29.3 Å². The van der Waals surface area contributed by atoms with Gasteiger partial charge in [0.2, 0.25) is 0 Å². The predicted molar refractivity (Wildman–Crippen MR) is 71.3 cm³/mol. The zero-order chi connectivity index (χ0) is 13.7. The highest BCUT2D eigenvalue weighted by molar-refractivity contribution is 9.09. The Kier molecular flexibility index (Phi) is 5.34. The minimum Gasteiger partial charge on any atom is -0.497 e. The Balaban J connectivity index is 3.24. The number of Topliss-reactive ketones (excluding diaryl/α,β-unsaturated/α-hetero) is 1. The molecule has 0 saturated carbocycles. The number of alkyl halides is 1. The zero-order valence-electron chi connectivity index (χ0n) is 10.5. The summed E-state index contributed by atoms with van der Waals surface area (Å²) in [5.41, 5.74) is 0.926. The lowest BCUT2D eigenvalue weighted by molar-refractivity contribution is -0.116. The highest BCUT2D eigenvalue weighted by atomic mass is 79.9. The Morgan fingerprint density at radius 3 is 2.56 bits per heavy atom. The molecule has 98 valence electrons. The Hall–Kier alpha value is -1.36. The van der Waals surface area contributed by atoms with Gasteiger partial charge in [-0.25, -0.2) is 4.79 Å². The third-order valence-corrected chi connectivity index (χ3v) is 3.52. The van der Waals surface area contributed by atoms with Gasteiger partial charge in [-0.3, -0.25) is 4.79 Å². The molecule has 0 bridgehead atoms. The van der Waals surface area contributed by atoms with E-state index in [1.54, 1.807) is 25.1 Å². The summed E-state index contributed by atoms with van der Waals surface area (Å²) in [6.07, 6.45) is 0. The van der Waals surface area contributed by atoms with Crippen molar-refractivity contribution in [3.8, 4) is 5.75 Å². The minimum absolute atomic E-state index is 0.0780. The average molecular weight is 315 g/mol. The van der Waals surface area contributed by atoms with Crippen LogP contribution >= 0.6 is 15.9 Å². The van der Waals surface area contributed by atoms with Crippen molar-refractivity contribution >= 4 is 27.7 Å². The lowest BCUT2D eigenvalue weighted by atomic mass is 10.0. The molecule has 1 aromatic rings. The molecule has 0 N–H and O–H groups in total. The van der Waals surface area contributed by atoms with Crippen LogP contribution in [-0.2, 0) is 9.53 Å². The first-order valence-electron chi connectivity index (χ1n) is 5.50. The van der Waals surface area contributed by atoms with Gasteiger partial charge in [-0.2, -0.15) is 0 Å². The maximum atomic E-state index is 11.9. The molecule has 1 aromatic carbocycles. The number of halogens is 1. The molecular formula is C13H15BrO4. The second-order valence-electron chi connectivity index (χ2n) is 3.65. The number of carbonyl (C=O) groups is 2. The average Bonchev–Trinajstić information content (AvgIpc) is 2.37. The molecule has 0 aliphatic rings. The van der Waals surface area contributed by atoms with Crippen molar-refractivity contribution in [1.82, 2.24) is 0 Å². The van der Waals surface area contributed by atoms with Gasteiger partial charge in [0.1, 0.15) is 11.5 Å². The summed E-state index contributed by atoms with van der Waals surface area (Å²) in [5, 5.41) is 0. The van der Waals surface area contributed by atoms with Crippen molar-refractivity contribution in [3.63, 3.8) is 0 Å². The van der Waals surface area contributed by atoms with Crippen LogP contribution in [0.15, 0.2) is 18.2 Å². The number of rotatable bonds is 5. The van der Waals surface area contributed by atoms with Gasteiger partial charge in [0.05, 0.1) is 24.1 Å².